The van der Waals surface area contributed by atoms with Crippen LogP contribution in [-0.2, 0) is 19.5 Å². The van der Waals surface area contributed by atoms with Gasteiger partial charge in [-0.25, -0.2) is 0 Å². The van der Waals surface area contributed by atoms with Crippen LogP contribution in [0.25, 0.3) is 10.4 Å². The number of likely N-dealkylation sites (tertiary alicyclic amines) is 1. The number of amides is 2. The van der Waals surface area contributed by atoms with Gasteiger partial charge in [0.25, 0.3) is 11.8 Å². The van der Waals surface area contributed by atoms with Crippen LogP contribution < -0.4 is 5.32 Å². The lowest BCUT2D eigenvalue weighted by Crippen LogP contribution is -2.30. The Morgan fingerprint density at radius 2 is 0.985 bits per heavy atom. The fourth-order valence-electron chi connectivity index (χ4n) is 5.59. The summed E-state index contributed by atoms with van der Waals surface area (Å²) in [5, 5.41) is 2.95. The molecule has 0 aliphatic carbocycles. The molecule has 2 heterocycles. The van der Waals surface area contributed by atoms with Crippen LogP contribution in [-0.4, -0.2) is 41.2 Å². The van der Waals surface area contributed by atoms with Crippen molar-refractivity contribution in [1.29, 1.82) is 5.53 Å². The number of fused-ring (bicyclic) bond motifs is 1. The fraction of sp³-hybridized carbons (Fsp3) is 0.179. The summed E-state index contributed by atoms with van der Waals surface area (Å²) >= 11 is 0. The topological polar surface area (TPSA) is 147 Å². The quantitative estimate of drug-likeness (QED) is 0.114. The minimum Gasteiger partial charge on any atom is -0.339 e. The summed E-state index contributed by atoms with van der Waals surface area (Å²) in [5.41, 5.74) is 18.0. The molecule has 2 aliphatic heterocycles. The summed E-state index contributed by atoms with van der Waals surface area (Å²) < 4.78 is 0. The van der Waals surface area contributed by atoms with Gasteiger partial charge in [0.15, 0.2) is 0 Å². The van der Waals surface area contributed by atoms with E-state index in [0.717, 1.165) is 52.0 Å². The molecule has 10 nitrogen and oxygen atoms in total. The average molecular weight is 879 g/mol. The summed E-state index contributed by atoms with van der Waals surface area (Å²) in [4.78, 5) is 45.8. The largest absolute Gasteiger partial charge is 0.339 e. The third-order valence-electron chi connectivity index (χ3n) is 8.32. The molecule has 0 spiro atoms. The predicted octanol–water partition coefficient (Wildman–Crippen LogP) is 9.45. The number of anilines is 1. The van der Waals surface area contributed by atoms with Gasteiger partial charge in [-0.15, -0.1) is 5.53 Å². The zero-order chi connectivity index (χ0) is 47.7. The van der Waals surface area contributed by atoms with E-state index < -0.39 is 0 Å². The van der Waals surface area contributed by atoms with Crippen molar-refractivity contribution in [3.8, 4) is 154 Å². The van der Waals surface area contributed by atoms with E-state index in [1.165, 1.54) is 16.7 Å². The maximum Gasteiger partial charge on any atom is 0.255 e. The highest BCUT2D eigenvalue weighted by atomic mass is 16.7. The minimum absolute atomic E-state index is 0. The first kappa shape index (κ1) is 51.9. The number of nitrogens with zero attached hydrogens (tertiary/aromatic N) is 4. The van der Waals surface area contributed by atoms with E-state index in [-0.39, 0.29) is 27.5 Å². The van der Waals surface area contributed by atoms with Crippen molar-refractivity contribution in [2.24, 2.45) is 0 Å². The number of nitrogens with one attached hydrogen (secondary N) is 2. The van der Waals surface area contributed by atoms with Gasteiger partial charge in [-0.2, -0.15) is 0 Å². The number of hydrogen-bond acceptors (Lipinski definition) is 6. The lowest BCUT2D eigenvalue weighted by molar-refractivity contribution is 0.0794. The zero-order valence-electron chi connectivity index (χ0n) is 36.0. The first-order chi connectivity index (χ1) is 32.5. The van der Waals surface area contributed by atoms with Crippen molar-refractivity contribution < 1.29 is 25.3 Å². The summed E-state index contributed by atoms with van der Waals surface area (Å²) in [6, 6.07) is 23.7. The molecule has 336 valence electrons. The molecular formula is C56H58N6O4. The third kappa shape index (κ3) is 21.8. The van der Waals surface area contributed by atoms with E-state index in [1.807, 2.05) is 41.3 Å². The monoisotopic (exact) mass is 878 g/mol. The Bertz CT molecular complexity index is 3060. The molecule has 10 heteroatoms. The molecule has 2 N–H and O–H groups in total. The molecule has 5 rings (SSSR count). The van der Waals surface area contributed by atoms with Gasteiger partial charge in [0, 0.05) is 111 Å². The molecule has 2 amide bonds. The maximum atomic E-state index is 12.9. The summed E-state index contributed by atoms with van der Waals surface area (Å²) in [6.07, 6.45) is 3.15. The van der Waals surface area contributed by atoms with Gasteiger partial charge in [0.2, 0.25) is 0 Å². The van der Waals surface area contributed by atoms with Gasteiger partial charge in [0.05, 0.1) is 11.3 Å². The molecule has 66 heavy (non-hydrogen) atoms. The molecule has 3 aromatic rings. The van der Waals surface area contributed by atoms with Crippen molar-refractivity contribution in [1.82, 2.24) is 9.80 Å². The van der Waals surface area contributed by atoms with Crippen molar-refractivity contribution in [3.05, 3.63) is 121 Å². The summed E-state index contributed by atoms with van der Waals surface area (Å²) in [5.74, 6) is 65.4. The number of rotatable bonds is 5. The van der Waals surface area contributed by atoms with Crippen molar-refractivity contribution >= 4 is 17.5 Å². The smallest absolute Gasteiger partial charge is 0.255 e. The fourth-order valence-corrected chi connectivity index (χ4v) is 5.59. The first-order valence-electron chi connectivity index (χ1n) is 19.6. The van der Waals surface area contributed by atoms with Gasteiger partial charge >= 0.3 is 0 Å². The second-order valence-corrected chi connectivity index (χ2v) is 12.5. The minimum atomic E-state index is -0.199. The van der Waals surface area contributed by atoms with E-state index in [4.69, 9.17) is 21.0 Å². The highest BCUT2D eigenvalue weighted by Crippen LogP contribution is 2.22. The normalized spacial score (nSPS) is 9.76. The lowest BCUT2D eigenvalue weighted by Gasteiger charge is -2.28. The Morgan fingerprint density at radius 3 is 1.42 bits per heavy atom. The van der Waals surface area contributed by atoms with E-state index in [2.05, 4.69) is 188 Å². The zero-order valence-corrected chi connectivity index (χ0v) is 36.0. The van der Waals surface area contributed by atoms with Gasteiger partial charge < -0.3 is 10.2 Å². The highest BCUT2D eigenvalue weighted by Gasteiger charge is 2.22. The molecule has 0 saturated carbocycles. The average Bonchev–Trinajstić information content (AvgIpc) is 3.90. The third-order valence-corrected chi connectivity index (χ3v) is 8.32. The molecule has 0 radical (unpaired) electrons. The van der Waals surface area contributed by atoms with Crippen molar-refractivity contribution in [2.45, 2.75) is 46.2 Å². The predicted molar refractivity (Wildman–Crippen MR) is 282 cm³/mol. The van der Waals surface area contributed by atoms with E-state index >= 15 is 0 Å². The van der Waals surface area contributed by atoms with Crippen molar-refractivity contribution in [2.75, 3.05) is 25.0 Å². The standard InChI is InChI=1S/C28H29N3O2.C28H6.HN3.O2.11H2/c32-27(29-26-10-4-3-9-25(26)28(33)31-16-5-6-17-31)23-13-11-21(12-14-23)19-30-18-15-22-7-1-2-8-24(22)20-30;1-3-5-7-9-11-13-15-17-19-21-23-25-27-28-26-24-22-20-18-16-14-12-10-8-6-4-2;1-3-2;1-2;;;;;;;;;;;/h1-4,7-14H,5-6,15-20H2,(H,29,32);1-2H3;1H;;11*1H. The van der Waals surface area contributed by atoms with Crippen LogP contribution in [0.1, 0.15) is 79.8 Å². The van der Waals surface area contributed by atoms with Gasteiger partial charge in [0.1, 0.15) is 0 Å². The van der Waals surface area contributed by atoms with E-state index in [0.29, 0.717) is 16.8 Å². The number of hydrogen-bond donors (Lipinski definition) is 2. The molecule has 0 atom stereocenters. The number of para-hydroxylation sites is 1. The lowest BCUT2D eigenvalue weighted by atomic mass is 9.99. The highest BCUT2D eigenvalue weighted by molar-refractivity contribution is 6.09. The van der Waals surface area contributed by atoms with Crippen LogP contribution in [0.5, 0.6) is 0 Å². The Kier molecular flexibility index (Phi) is 27.1. The van der Waals surface area contributed by atoms with Gasteiger partial charge in [-0.05, 0) is 179 Å². The Morgan fingerprint density at radius 1 is 0.591 bits per heavy atom. The molecule has 0 aromatic heterocycles. The molecule has 0 unspecified atom stereocenters. The summed E-state index contributed by atoms with van der Waals surface area (Å²) in [6.45, 7) is 7.82. The number of carbonyl (C=O) groups is 2. The van der Waals surface area contributed by atoms with Crippen LogP contribution in [0.15, 0.2) is 72.8 Å². The van der Waals surface area contributed by atoms with Gasteiger partial charge in [-0.1, -0.05) is 60.4 Å². The second-order valence-electron chi connectivity index (χ2n) is 12.5. The second kappa shape index (κ2) is 34.5. The van der Waals surface area contributed by atoms with Crippen LogP contribution >= 0.6 is 0 Å². The molecule has 1 saturated heterocycles. The molecule has 0 bridgehead atoms. The molecule has 2 aliphatic rings. The van der Waals surface area contributed by atoms with Crippen LogP contribution in [0.4, 0.5) is 5.69 Å². The van der Waals surface area contributed by atoms with Gasteiger partial charge in [-0.3, -0.25) is 14.5 Å². The number of benzene rings is 3. The van der Waals surface area contributed by atoms with Crippen LogP contribution in [0, 0.1) is 169 Å². The Hall–Kier alpha value is -10.3. The van der Waals surface area contributed by atoms with Crippen molar-refractivity contribution in [3.63, 3.8) is 0 Å². The van der Waals surface area contributed by atoms with E-state index in [1.54, 1.807) is 30.9 Å². The molecular weight excluding hydrogens is 821 g/mol. The Labute approximate surface area is 403 Å². The Balaban J connectivity index is -0.000000120. The summed E-state index contributed by atoms with van der Waals surface area (Å²) in [7, 11) is 0. The number of carbonyl (C=O) groups excluding carboxylic acids is 2. The maximum absolute atomic E-state index is 12.9. The van der Waals surface area contributed by atoms with Crippen LogP contribution in [0.3, 0.4) is 0 Å². The van der Waals surface area contributed by atoms with E-state index in [9.17, 15) is 9.59 Å². The SMILES string of the molecule is CC#CC#CC#CC#CC#CC#CC#CC#CC#CC#CC#CC#CC#CC.O=C(Nc1ccccc1C(=O)N1CCCC1)c1ccc(CN2CCc3ccccc3C2)cc1.O=O.[HH].[HH].[HH].[HH].[HH].[HH].[HH].[HH].[HH].[HH].[HH].[N-]=[N+]=N. The van der Waals surface area contributed by atoms with Crippen LogP contribution in [0.2, 0.25) is 0 Å². The first-order valence-corrected chi connectivity index (χ1v) is 19.6. The molecule has 3 aromatic carbocycles. The molecule has 1 fully saturated rings.